The highest BCUT2D eigenvalue weighted by atomic mass is 16.4. The number of fused-ring (bicyclic) bond motifs is 3. The minimum absolute atomic E-state index is 0.0801. The van der Waals surface area contributed by atoms with E-state index in [0.717, 1.165) is 18.4 Å². The fraction of sp³-hybridized carbons (Fsp3) is 0.300. The first-order valence-corrected chi connectivity index (χ1v) is 7.99. The summed E-state index contributed by atoms with van der Waals surface area (Å²) in [5, 5.41) is 21.7. The molecule has 0 bridgehead atoms. The third-order valence-electron chi connectivity index (χ3n) is 5.26. The summed E-state index contributed by atoms with van der Waals surface area (Å²) in [6, 6.07) is 14.5. The van der Waals surface area contributed by atoms with Crippen LogP contribution in [0.15, 0.2) is 41.6 Å². The van der Waals surface area contributed by atoms with Crippen molar-refractivity contribution in [3.63, 3.8) is 0 Å². The third-order valence-corrected chi connectivity index (χ3v) is 5.26. The number of oxime groups is 1. The van der Waals surface area contributed by atoms with Crippen LogP contribution < -0.4 is 0 Å². The van der Waals surface area contributed by atoms with Gasteiger partial charge in [-0.2, -0.15) is 5.26 Å². The van der Waals surface area contributed by atoms with E-state index in [1.54, 1.807) is 6.92 Å². The molecule has 2 aromatic carbocycles. The van der Waals surface area contributed by atoms with E-state index in [-0.39, 0.29) is 5.41 Å². The van der Waals surface area contributed by atoms with Crippen molar-refractivity contribution < 1.29 is 5.21 Å². The van der Waals surface area contributed by atoms with Crippen LogP contribution in [0.2, 0.25) is 0 Å². The number of benzene rings is 2. The molecule has 0 saturated heterocycles. The lowest BCUT2D eigenvalue weighted by atomic mass is 9.73. The van der Waals surface area contributed by atoms with E-state index in [9.17, 15) is 5.26 Å². The summed E-state index contributed by atoms with van der Waals surface area (Å²) in [6.07, 6.45) is 1.94. The number of nitriles is 1. The van der Waals surface area contributed by atoms with Gasteiger partial charge in [-0.1, -0.05) is 37.2 Å². The van der Waals surface area contributed by atoms with Gasteiger partial charge in [-0.3, -0.25) is 0 Å². The second-order valence-electron chi connectivity index (χ2n) is 6.11. The first-order chi connectivity index (χ1) is 11.1. The summed E-state index contributed by atoms with van der Waals surface area (Å²) >= 11 is 0. The van der Waals surface area contributed by atoms with Crippen LogP contribution in [0.1, 0.15) is 55.9 Å². The molecule has 0 aromatic heterocycles. The Kier molecular flexibility index (Phi) is 3.69. The van der Waals surface area contributed by atoms with Gasteiger partial charge < -0.3 is 5.21 Å². The van der Waals surface area contributed by atoms with Crippen molar-refractivity contribution in [2.45, 2.75) is 39.0 Å². The van der Waals surface area contributed by atoms with Gasteiger partial charge in [-0.15, -0.1) is 0 Å². The monoisotopic (exact) mass is 304 g/mol. The van der Waals surface area contributed by atoms with Gasteiger partial charge in [0.2, 0.25) is 0 Å². The van der Waals surface area contributed by atoms with Crippen LogP contribution in [0, 0.1) is 11.3 Å². The Balaban J connectivity index is 2.32. The van der Waals surface area contributed by atoms with Crippen molar-refractivity contribution in [1.82, 2.24) is 0 Å². The quantitative estimate of drug-likeness (QED) is 0.501. The molecule has 0 aliphatic heterocycles. The van der Waals surface area contributed by atoms with Crippen molar-refractivity contribution in [3.05, 3.63) is 58.7 Å². The highest BCUT2D eigenvalue weighted by Gasteiger charge is 2.40. The van der Waals surface area contributed by atoms with E-state index in [0.29, 0.717) is 11.3 Å². The van der Waals surface area contributed by atoms with Crippen molar-refractivity contribution in [1.29, 1.82) is 5.26 Å². The van der Waals surface area contributed by atoms with Crippen molar-refractivity contribution >= 4 is 5.71 Å². The Morgan fingerprint density at radius 1 is 1.09 bits per heavy atom. The molecule has 3 rings (SSSR count). The SMILES string of the molecule is CCC1(CC)c2cc(C#N)ccc2-c2ccc(C(C)=NO)cc21. The number of hydrogen-bond acceptors (Lipinski definition) is 3. The molecule has 1 N–H and O–H groups in total. The maximum absolute atomic E-state index is 9.26. The van der Waals surface area contributed by atoms with Gasteiger partial charge in [0, 0.05) is 5.41 Å². The predicted molar refractivity (Wildman–Crippen MR) is 92.0 cm³/mol. The second-order valence-corrected chi connectivity index (χ2v) is 6.11. The molecule has 0 spiro atoms. The van der Waals surface area contributed by atoms with Gasteiger partial charge >= 0.3 is 0 Å². The van der Waals surface area contributed by atoms with Crippen LogP contribution in [0.3, 0.4) is 0 Å². The van der Waals surface area contributed by atoms with E-state index in [1.807, 2.05) is 18.2 Å². The lowest BCUT2D eigenvalue weighted by Crippen LogP contribution is -2.23. The van der Waals surface area contributed by atoms with Crippen LogP contribution in [-0.4, -0.2) is 10.9 Å². The molecule has 2 aromatic rings. The molecular weight excluding hydrogens is 284 g/mol. The smallest absolute Gasteiger partial charge is 0.0991 e. The normalized spacial score (nSPS) is 15.0. The molecule has 1 aliphatic carbocycles. The van der Waals surface area contributed by atoms with E-state index >= 15 is 0 Å². The molecule has 116 valence electrons. The van der Waals surface area contributed by atoms with E-state index in [2.05, 4.69) is 43.3 Å². The Hall–Kier alpha value is -2.60. The first kappa shape index (κ1) is 15.3. The molecule has 0 unspecified atom stereocenters. The summed E-state index contributed by atoms with van der Waals surface area (Å²) in [5.74, 6) is 0. The maximum Gasteiger partial charge on any atom is 0.0991 e. The van der Waals surface area contributed by atoms with Gasteiger partial charge in [0.05, 0.1) is 17.3 Å². The Morgan fingerprint density at radius 3 is 2.26 bits per heavy atom. The van der Waals surface area contributed by atoms with Crippen molar-refractivity contribution in [2.24, 2.45) is 5.16 Å². The molecule has 0 amide bonds. The average molecular weight is 304 g/mol. The van der Waals surface area contributed by atoms with Gasteiger partial charge in [-0.05, 0) is 65.8 Å². The molecule has 23 heavy (non-hydrogen) atoms. The highest BCUT2D eigenvalue weighted by molar-refractivity contribution is 5.99. The summed E-state index contributed by atoms with van der Waals surface area (Å²) in [7, 11) is 0. The Bertz CT molecular complexity index is 839. The summed E-state index contributed by atoms with van der Waals surface area (Å²) in [4.78, 5) is 0. The van der Waals surface area contributed by atoms with Crippen LogP contribution >= 0.6 is 0 Å². The topological polar surface area (TPSA) is 56.4 Å². The molecular formula is C20H20N2O. The summed E-state index contributed by atoms with van der Waals surface area (Å²) < 4.78 is 0. The third kappa shape index (κ3) is 2.06. The van der Waals surface area contributed by atoms with Gasteiger partial charge in [0.1, 0.15) is 0 Å². The largest absolute Gasteiger partial charge is 0.411 e. The maximum atomic E-state index is 9.26. The van der Waals surface area contributed by atoms with Gasteiger partial charge in [0.15, 0.2) is 0 Å². The minimum Gasteiger partial charge on any atom is -0.411 e. The average Bonchev–Trinajstić information content (AvgIpc) is 2.89. The van der Waals surface area contributed by atoms with Gasteiger partial charge in [0.25, 0.3) is 0 Å². The lowest BCUT2D eigenvalue weighted by molar-refractivity contribution is 0.319. The number of hydrogen-bond donors (Lipinski definition) is 1. The zero-order valence-electron chi connectivity index (χ0n) is 13.7. The fourth-order valence-electron chi connectivity index (χ4n) is 3.86. The van der Waals surface area contributed by atoms with Crippen LogP contribution in [0.4, 0.5) is 0 Å². The molecule has 0 radical (unpaired) electrons. The van der Waals surface area contributed by atoms with Crippen LogP contribution in [0.25, 0.3) is 11.1 Å². The molecule has 0 saturated carbocycles. The predicted octanol–water partition coefficient (Wildman–Crippen LogP) is 4.84. The highest BCUT2D eigenvalue weighted by Crippen LogP contribution is 2.53. The van der Waals surface area contributed by atoms with Crippen molar-refractivity contribution in [3.8, 4) is 17.2 Å². The summed E-state index contributed by atoms with van der Waals surface area (Å²) in [5.41, 5.74) is 7.13. The molecule has 3 nitrogen and oxygen atoms in total. The van der Waals surface area contributed by atoms with E-state index in [1.165, 1.54) is 22.3 Å². The van der Waals surface area contributed by atoms with E-state index < -0.39 is 0 Å². The zero-order valence-corrected chi connectivity index (χ0v) is 13.7. The number of nitrogens with zero attached hydrogens (tertiary/aromatic N) is 2. The van der Waals surface area contributed by atoms with Crippen LogP contribution in [0.5, 0.6) is 0 Å². The minimum atomic E-state index is -0.0801. The van der Waals surface area contributed by atoms with Crippen molar-refractivity contribution in [2.75, 3.05) is 0 Å². The van der Waals surface area contributed by atoms with Crippen LogP contribution in [-0.2, 0) is 5.41 Å². The molecule has 3 heteroatoms. The first-order valence-electron chi connectivity index (χ1n) is 7.99. The fourth-order valence-corrected chi connectivity index (χ4v) is 3.86. The lowest BCUT2D eigenvalue weighted by Gasteiger charge is -2.30. The summed E-state index contributed by atoms with van der Waals surface area (Å²) in [6.45, 7) is 6.19. The zero-order chi connectivity index (χ0) is 16.6. The number of rotatable bonds is 3. The Labute approximate surface area is 136 Å². The Morgan fingerprint density at radius 2 is 1.70 bits per heavy atom. The molecule has 0 atom stereocenters. The van der Waals surface area contributed by atoms with Gasteiger partial charge in [-0.25, -0.2) is 0 Å². The molecule has 0 fully saturated rings. The second kappa shape index (κ2) is 5.55. The standard InChI is InChI=1S/C20H20N2O/c1-4-20(5-2)18-10-14(12-21)6-8-16(18)17-9-7-15(11-19(17)20)13(3)22-23/h6-11,23H,4-5H2,1-3H3. The molecule has 0 heterocycles. The van der Waals surface area contributed by atoms with E-state index in [4.69, 9.17) is 5.21 Å². The molecule has 1 aliphatic rings.